The molecule has 1 saturated heterocycles. The Morgan fingerprint density at radius 1 is 1.09 bits per heavy atom. The smallest absolute Gasteiger partial charge is 0.230 e. The van der Waals surface area contributed by atoms with Crippen LogP contribution in [0, 0.1) is 6.92 Å². The fraction of sp³-hybridized carbons (Fsp3) is 0.240. The number of hydrogen-bond acceptors (Lipinski definition) is 6. The van der Waals surface area contributed by atoms with Crippen molar-refractivity contribution in [3.05, 3.63) is 71.2 Å². The van der Waals surface area contributed by atoms with Crippen LogP contribution in [-0.4, -0.2) is 42.2 Å². The first kappa shape index (κ1) is 20.6. The summed E-state index contributed by atoms with van der Waals surface area (Å²) in [6.07, 6.45) is 0.250. The molecule has 1 aliphatic rings. The topological polar surface area (TPSA) is 67.4 Å². The predicted molar refractivity (Wildman–Crippen MR) is 129 cm³/mol. The van der Waals surface area contributed by atoms with Gasteiger partial charge in [0.1, 0.15) is 0 Å². The Kier molecular flexibility index (Phi) is 5.83. The molecular formula is C25H24N4O2S. The molecule has 3 heterocycles. The minimum atomic E-state index is -0.0895. The van der Waals surface area contributed by atoms with Crippen LogP contribution >= 0.6 is 11.3 Å². The van der Waals surface area contributed by atoms with Crippen molar-refractivity contribution in [2.45, 2.75) is 13.3 Å². The fourth-order valence-electron chi connectivity index (χ4n) is 3.94. The highest BCUT2D eigenvalue weighted by atomic mass is 32.1. The molecule has 2 aromatic carbocycles. The maximum Gasteiger partial charge on any atom is 0.230 e. The molecule has 0 spiro atoms. The Hall–Kier alpha value is -3.29. The van der Waals surface area contributed by atoms with Crippen molar-refractivity contribution < 1.29 is 9.53 Å². The Balaban J connectivity index is 1.43. The average Bonchev–Trinajstić information content (AvgIpc) is 3.24. The summed E-state index contributed by atoms with van der Waals surface area (Å²) in [4.78, 5) is 24.2. The van der Waals surface area contributed by atoms with E-state index in [1.807, 2.05) is 36.6 Å². The van der Waals surface area contributed by atoms with Crippen molar-refractivity contribution in [2.75, 3.05) is 36.5 Å². The normalized spacial score (nSPS) is 14.0. The van der Waals surface area contributed by atoms with Crippen LogP contribution < -0.4 is 10.2 Å². The van der Waals surface area contributed by atoms with Gasteiger partial charge in [-0.3, -0.25) is 4.79 Å². The number of ether oxygens (including phenoxy) is 1. The minimum absolute atomic E-state index is 0.0895. The zero-order chi connectivity index (χ0) is 21.9. The van der Waals surface area contributed by atoms with Crippen LogP contribution in [0.5, 0.6) is 0 Å². The van der Waals surface area contributed by atoms with Crippen molar-refractivity contribution in [3.8, 4) is 11.3 Å². The first-order valence-corrected chi connectivity index (χ1v) is 11.6. The van der Waals surface area contributed by atoms with E-state index in [2.05, 4.69) is 45.5 Å². The van der Waals surface area contributed by atoms with Gasteiger partial charge in [0.2, 0.25) is 5.91 Å². The van der Waals surface area contributed by atoms with Crippen LogP contribution in [0.3, 0.4) is 0 Å². The third-order valence-corrected chi connectivity index (χ3v) is 6.41. The maximum atomic E-state index is 12.6. The number of morpholine rings is 1. The average molecular weight is 445 g/mol. The molecule has 0 atom stereocenters. The first-order valence-electron chi connectivity index (χ1n) is 10.7. The van der Waals surface area contributed by atoms with Crippen LogP contribution in [0.15, 0.2) is 60.0 Å². The summed E-state index contributed by atoms with van der Waals surface area (Å²) in [6.45, 7) is 5.21. The molecule has 5 rings (SSSR count). The van der Waals surface area contributed by atoms with Crippen LogP contribution in [0.25, 0.3) is 22.2 Å². The number of benzene rings is 2. The number of para-hydroxylation sites is 1. The van der Waals surface area contributed by atoms with E-state index < -0.39 is 0 Å². The molecule has 0 unspecified atom stereocenters. The van der Waals surface area contributed by atoms with Gasteiger partial charge in [0.25, 0.3) is 0 Å². The summed E-state index contributed by atoms with van der Waals surface area (Å²) in [7, 11) is 0. The van der Waals surface area contributed by atoms with Gasteiger partial charge in [0.15, 0.2) is 5.13 Å². The van der Waals surface area contributed by atoms with E-state index in [0.717, 1.165) is 59.7 Å². The second kappa shape index (κ2) is 9.06. The second-order valence-electron chi connectivity index (χ2n) is 7.85. The minimum Gasteiger partial charge on any atom is -0.378 e. The Labute approximate surface area is 190 Å². The molecule has 0 radical (unpaired) electrons. The number of hydrogen-bond donors (Lipinski definition) is 1. The molecule has 162 valence electrons. The number of nitrogens with zero attached hydrogens (tertiary/aromatic N) is 3. The lowest BCUT2D eigenvalue weighted by molar-refractivity contribution is -0.115. The summed E-state index contributed by atoms with van der Waals surface area (Å²) >= 11 is 1.43. The fourth-order valence-corrected chi connectivity index (χ4v) is 4.65. The summed E-state index contributed by atoms with van der Waals surface area (Å²) in [5.41, 5.74) is 5.80. The number of pyridine rings is 1. The molecule has 1 N–H and O–H groups in total. The highest BCUT2D eigenvalue weighted by Crippen LogP contribution is 2.27. The van der Waals surface area contributed by atoms with Crippen molar-refractivity contribution in [3.63, 3.8) is 0 Å². The number of anilines is 2. The molecule has 4 aromatic rings. The molecule has 1 amide bonds. The largest absolute Gasteiger partial charge is 0.378 e. The van der Waals surface area contributed by atoms with Crippen molar-refractivity contribution in [1.29, 1.82) is 0 Å². The summed E-state index contributed by atoms with van der Waals surface area (Å²) in [5.74, 6) is -0.0895. The highest BCUT2D eigenvalue weighted by Gasteiger charge is 2.14. The first-order chi connectivity index (χ1) is 15.7. The highest BCUT2D eigenvalue weighted by molar-refractivity contribution is 7.13. The second-order valence-corrected chi connectivity index (χ2v) is 8.71. The number of amides is 1. The SMILES string of the molecule is Cc1csc(NC(=O)Cc2cccc3ccc(-c4cccc(N5CCOCC5)c4)nc23)n1. The van der Waals surface area contributed by atoms with E-state index in [9.17, 15) is 4.79 Å². The molecular weight excluding hydrogens is 420 g/mol. The van der Waals surface area contributed by atoms with Gasteiger partial charge in [-0.15, -0.1) is 11.3 Å². The lowest BCUT2D eigenvalue weighted by Gasteiger charge is -2.29. The third-order valence-electron chi connectivity index (χ3n) is 5.54. The van der Waals surface area contributed by atoms with E-state index >= 15 is 0 Å². The molecule has 1 fully saturated rings. The van der Waals surface area contributed by atoms with E-state index in [0.29, 0.717) is 5.13 Å². The zero-order valence-electron chi connectivity index (χ0n) is 17.9. The lowest BCUT2D eigenvalue weighted by atomic mass is 10.0. The molecule has 7 heteroatoms. The van der Waals surface area contributed by atoms with Gasteiger partial charge in [-0.2, -0.15) is 0 Å². The Bertz CT molecular complexity index is 1260. The zero-order valence-corrected chi connectivity index (χ0v) is 18.7. The molecule has 2 aromatic heterocycles. The van der Waals surface area contributed by atoms with E-state index in [1.165, 1.54) is 17.0 Å². The Morgan fingerprint density at radius 2 is 1.94 bits per heavy atom. The summed E-state index contributed by atoms with van der Waals surface area (Å²) < 4.78 is 5.48. The van der Waals surface area contributed by atoms with Crippen molar-refractivity contribution in [1.82, 2.24) is 9.97 Å². The molecule has 0 bridgehead atoms. The number of carbonyl (C=O) groups is 1. The molecule has 0 saturated carbocycles. The molecule has 6 nitrogen and oxygen atoms in total. The van der Waals surface area contributed by atoms with Gasteiger partial charge in [-0.1, -0.05) is 36.4 Å². The number of thiazole rings is 1. The number of fused-ring (bicyclic) bond motifs is 1. The third kappa shape index (κ3) is 4.49. The predicted octanol–water partition coefficient (Wildman–Crippen LogP) is 4.68. The van der Waals surface area contributed by atoms with Crippen molar-refractivity contribution in [2.24, 2.45) is 0 Å². The van der Waals surface area contributed by atoms with Crippen LogP contribution in [0.2, 0.25) is 0 Å². The van der Waals surface area contributed by atoms with Crippen LogP contribution in [-0.2, 0) is 16.0 Å². The number of rotatable bonds is 5. The number of aryl methyl sites for hydroxylation is 1. The van der Waals surface area contributed by atoms with Gasteiger partial charge in [0.05, 0.1) is 36.5 Å². The molecule has 1 aliphatic heterocycles. The summed E-state index contributed by atoms with van der Waals surface area (Å²) in [6, 6.07) is 18.6. The van der Waals surface area contributed by atoms with E-state index in [-0.39, 0.29) is 12.3 Å². The van der Waals surface area contributed by atoms with Gasteiger partial charge in [-0.25, -0.2) is 9.97 Å². The maximum absolute atomic E-state index is 12.6. The number of nitrogens with one attached hydrogen (secondary N) is 1. The van der Waals surface area contributed by atoms with Gasteiger partial charge in [0, 0.05) is 35.1 Å². The van der Waals surface area contributed by atoms with E-state index in [1.54, 1.807) is 0 Å². The monoisotopic (exact) mass is 444 g/mol. The Morgan fingerprint density at radius 3 is 2.75 bits per heavy atom. The molecule has 0 aliphatic carbocycles. The standard InChI is InChI=1S/C25H24N4O2S/c1-17-16-32-25(26-17)28-23(30)15-20-6-2-4-18-8-9-22(27-24(18)20)19-5-3-7-21(14-19)29-10-12-31-13-11-29/h2-9,14,16H,10-13,15H2,1H3,(H,26,28,30). The summed E-state index contributed by atoms with van der Waals surface area (Å²) in [5, 5.41) is 6.46. The van der Waals surface area contributed by atoms with Crippen LogP contribution in [0.1, 0.15) is 11.3 Å². The van der Waals surface area contributed by atoms with Gasteiger partial charge in [-0.05, 0) is 30.7 Å². The lowest BCUT2D eigenvalue weighted by Crippen LogP contribution is -2.36. The van der Waals surface area contributed by atoms with Gasteiger partial charge >= 0.3 is 0 Å². The van der Waals surface area contributed by atoms with Crippen molar-refractivity contribution >= 4 is 39.0 Å². The number of aromatic nitrogens is 2. The van der Waals surface area contributed by atoms with E-state index in [4.69, 9.17) is 9.72 Å². The van der Waals surface area contributed by atoms with Crippen LogP contribution in [0.4, 0.5) is 10.8 Å². The molecule has 32 heavy (non-hydrogen) atoms. The van der Waals surface area contributed by atoms with Gasteiger partial charge < -0.3 is 15.0 Å². The quantitative estimate of drug-likeness (QED) is 0.484. The number of carbonyl (C=O) groups excluding carboxylic acids is 1.